The molecule has 0 aromatic heterocycles. The molecule has 1 fully saturated rings. The summed E-state index contributed by atoms with van der Waals surface area (Å²) in [5.41, 5.74) is 2.34. The van der Waals surface area contributed by atoms with Crippen molar-refractivity contribution in [3.8, 4) is 11.1 Å². The Morgan fingerprint density at radius 2 is 1.77 bits per heavy atom. The molecular weight excluding hydrogens is 375 g/mol. The molecule has 2 aromatic rings. The maximum Gasteiger partial charge on any atom is 0.250 e. The molecule has 2 aromatic carbocycles. The standard InChI is InChI=1S/C19H18Cl2N2O3/c1-12(24)23-9-16(10-23)26-11-19(25)22-18-7-6-15(21)8-17(18)13-2-4-14(20)5-3-13/h2-8,16H,9-11H2,1H3,(H,22,25). The van der Waals surface area contributed by atoms with E-state index in [1.165, 1.54) is 6.92 Å². The van der Waals surface area contributed by atoms with E-state index >= 15 is 0 Å². The molecule has 0 radical (unpaired) electrons. The molecule has 1 aliphatic heterocycles. The van der Waals surface area contributed by atoms with Gasteiger partial charge in [0.15, 0.2) is 0 Å². The number of amides is 2. The number of hydrogen-bond acceptors (Lipinski definition) is 3. The Labute approximate surface area is 161 Å². The number of nitrogens with one attached hydrogen (secondary N) is 1. The van der Waals surface area contributed by atoms with Gasteiger partial charge in [0.25, 0.3) is 0 Å². The summed E-state index contributed by atoms with van der Waals surface area (Å²) in [4.78, 5) is 25.0. The molecule has 136 valence electrons. The Balaban J connectivity index is 1.63. The smallest absolute Gasteiger partial charge is 0.250 e. The van der Waals surface area contributed by atoms with E-state index in [0.29, 0.717) is 28.8 Å². The van der Waals surface area contributed by atoms with Crippen molar-refractivity contribution in [2.75, 3.05) is 25.0 Å². The third-order valence-electron chi connectivity index (χ3n) is 4.15. The fourth-order valence-corrected chi connectivity index (χ4v) is 2.97. The van der Waals surface area contributed by atoms with Gasteiger partial charge in [-0.25, -0.2) is 0 Å². The lowest BCUT2D eigenvalue weighted by molar-refractivity contribution is -0.144. The average molecular weight is 393 g/mol. The molecule has 3 rings (SSSR count). The van der Waals surface area contributed by atoms with Crippen LogP contribution < -0.4 is 5.32 Å². The summed E-state index contributed by atoms with van der Waals surface area (Å²) in [6, 6.07) is 12.6. The number of rotatable bonds is 5. The predicted octanol–water partition coefficient (Wildman–Crippen LogP) is 3.85. The summed E-state index contributed by atoms with van der Waals surface area (Å²) in [5, 5.41) is 4.06. The van der Waals surface area contributed by atoms with Crippen LogP contribution in [0.1, 0.15) is 6.92 Å². The molecule has 1 saturated heterocycles. The van der Waals surface area contributed by atoms with Gasteiger partial charge < -0.3 is 15.0 Å². The molecule has 0 aliphatic carbocycles. The number of nitrogens with zero attached hydrogens (tertiary/aromatic N) is 1. The molecule has 0 saturated carbocycles. The lowest BCUT2D eigenvalue weighted by Gasteiger charge is -2.38. The van der Waals surface area contributed by atoms with E-state index < -0.39 is 0 Å². The van der Waals surface area contributed by atoms with Crippen molar-refractivity contribution in [3.05, 3.63) is 52.5 Å². The van der Waals surface area contributed by atoms with Crippen molar-refractivity contribution in [2.45, 2.75) is 13.0 Å². The predicted molar refractivity (Wildman–Crippen MR) is 103 cm³/mol. The Hall–Kier alpha value is -2.08. The van der Waals surface area contributed by atoms with Crippen molar-refractivity contribution in [1.82, 2.24) is 4.90 Å². The van der Waals surface area contributed by atoms with Gasteiger partial charge in [0, 0.05) is 41.3 Å². The molecule has 2 amide bonds. The number of hydrogen-bond donors (Lipinski definition) is 1. The van der Waals surface area contributed by atoms with Crippen LogP contribution in [0, 0.1) is 0 Å². The second-order valence-corrected chi connectivity index (χ2v) is 6.97. The van der Waals surface area contributed by atoms with Crippen LogP contribution in [0.3, 0.4) is 0 Å². The normalized spacial score (nSPS) is 14.0. The van der Waals surface area contributed by atoms with Crippen molar-refractivity contribution in [1.29, 1.82) is 0 Å². The number of anilines is 1. The third kappa shape index (κ3) is 4.55. The van der Waals surface area contributed by atoms with Crippen LogP contribution in [-0.2, 0) is 14.3 Å². The fraction of sp³-hybridized carbons (Fsp3) is 0.263. The quantitative estimate of drug-likeness (QED) is 0.840. The van der Waals surface area contributed by atoms with Crippen LogP contribution in [0.15, 0.2) is 42.5 Å². The van der Waals surface area contributed by atoms with E-state index in [1.54, 1.807) is 35.2 Å². The van der Waals surface area contributed by atoms with Gasteiger partial charge in [-0.05, 0) is 35.9 Å². The minimum Gasteiger partial charge on any atom is -0.365 e. The summed E-state index contributed by atoms with van der Waals surface area (Å²) < 4.78 is 5.53. The molecule has 0 bridgehead atoms. The second kappa shape index (κ2) is 8.08. The summed E-state index contributed by atoms with van der Waals surface area (Å²) in [7, 11) is 0. The van der Waals surface area contributed by atoms with E-state index in [0.717, 1.165) is 11.1 Å². The van der Waals surface area contributed by atoms with E-state index in [4.69, 9.17) is 27.9 Å². The summed E-state index contributed by atoms with van der Waals surface area (Å²) in [6.45, 7) is 2.50. The highest BCUT2D eigenvalue weighted by Gasteiger charge is 2.29. The van der Waals surface area contributed by atoms with Gasteiger partial charge in [0.1, 0.15) is 6.61 Å². The highest BCUT2D eigenvalue weighted by Crippen LogP contribution is 2.31. The largest absolute Gasteiger partial charge is 0.365 e. The van der Waals surface area contributed by atoms with Gasteiger partial charge >= 0.3 is 0 Å². The first-order chi connectivity index (χ1) is 12.4. The van der Waals surface area contributed by atoms with E-state index in [-0.39, 0.29) is 24.5 Å². The van der Waals surface area contributed by atoms with Gasteiger partial charge in [-0.3, -0.25) is 9.59 Å². The van der Waals surface area contributed by atoms with Crippen molar-refractivity contribution in [2.24, 2.45) is 0 Å². The number of ether oxygens (including phenoxy) is 1. The molecule has 26 heavy (non-hydrogen) atoms. The number of carbonyl (C=O) groups excluding carboxylic acids is 2. The minimum absolute atomic E-state index is 0.0167. The second-order valence-electron chi connectivity index (χ2n) is 6.10. The molecule has 1 heterocycles. The third-order valence-corrected chi connectivity index (χ3v) is 4.64. The summed E-state index contributed by atoms with van der Waals surface area (Å²) in [6.07, 6.45) is -0.0920. The topological polar surface area (TPSA) is 58.6 Å². The maximum absolute atomic E-state index is 12.2. The van der Waals surface area contributed by atoms with Crippen molar-refractivity contribution >= 4 is 40.7 Å². The van der Waals surface area contributed by atoms with Crippen molar-refractivity contribution < 1.29 is 14.3 Å². The number of carbonyl (C=O) groups is 2. The fourth-order valence-electron chi connectivity index (χ4n) is 2.67. The molecule has 0 atom stereocenters. The van der Waals surface area contributed by atoms with E-state index in [1.807, 2.05) is 12.1 Å². The number of halogens is 2. The molecular formula is C19H18Cl2N2O3. The van der Waals surface area contributed by atoms with Crippen LogP contribution in [-0.4, -0.2) is 42.5 Å². The number of benzene rings is 2. The van der Waals surface area contributed by atoms with E-state index in [9.17, 15) is 9.59 Å². The Morgan fingerprint density at radius 3 is 2.42 bits per heavy atom. The van der Waals surface area contributed by atoms with Crippen LogP contribution in [0.25, 0.3) is 11.1 Å². The van der Waals surface area contributed by atoms with Gasteiger partial charge in [0.2, 0.25) is 11.8 Å². The minimum atomic E-state index is -0.260. The lowest BCUT2D eigenvalue weighted by Crippen LogP contribution is -2.54. The first kappa shape index (κ1) is 18.7. The Kier molecular flexibility index (Phi) is 5.81. The first-order valence-corrected chi connectivity index (χ1v) is 8.90. The zero-order valence-corrected chi connectivity index (χ0v) is 15.7. The first-order valence-electron chi connectivity index (χ1n) is 8.15. The molecule has 0 unspecified atom stereocenters. The SMILES string of the molecule is CC(=O)N1CC(OCC(=O)Nc2ccc(Cl)cc2-c2ccc(Cl)cc2)C1. The Bertz CT molecular complexity index is 818. The zero-order valence-electron chi connectivity index (χ0n) is 14.2. The van der Waals surface area contributed by atoms with Crippen LogP contribution in [0.5, 0.6) is 0 Å². The maximum atomic E-state index is 12.2. The molecule has 1 aliphatic rings. The highest BCUT2D eigenvalue weighted by atomic mass is 35.5. The monoisotopic (exact) mass is 392 g/mol. The zero-order chi connectivity index (χ0) is 18.7. The molecule has 1 N–H and O–H groups in total. The van der Waals surface area contributed by atoms with E-state index in [2.05, 4.69) is 5.32 Å². The highest BCUT2D eigenvalue weighted by molar-refractivity contribution is 6.31. The van der Waals surface area contributed by atoms with Crippen LogP contribution in [0.4, 0.5) is 5.69 Å². The average Bonchev–Trinajstić information content (AvgIpc) is 2.55. The summed E-state index contributed by atoms with van der Waals surface area (Å²) in [5.74, 6) is -0.244. The van der Waals surface area contributed by atoms with Crippen LogP contribution >= 0.6 is 23.2 Å². The van der Waals surface area contributed by atoms with Gasteiger partial charge in [0.05, 0.1) is 6.10 Å². The molecule has 0 spiro atoms. The van der Waals surface area contributed by atoms with Crippen LogP contribution in [0.2, 0.25) is 10.0 Å². The Morgan fingerprint density at radius 1 is 1.12 bits per heavy atom. The van der Waals surface area contributed by atoms with Crippen molar-refractivity contribution in [3.63, 3.8) is 0 Å². The molecule has 5 nitrogen and oxygen atoms in total. The summed E-state index contributed by atoms with van der Waals surface area (Å²) >= 11 is 12.0. The van der Waals surface area contributed by atoms with Gasteiger partial charge in [-0.15, -0.1) is 0 Å². The lowest BCUT2D eigenvalue weighted by atomic mass is 10.0. The molecule has 7 heteroatoms. The van der Waals surface area contributed by atoms with Gasteiger partial charge in [-0.2, -0.15) is 0 Å². The number of likely N-dealkylation sites (tertiary alicyclic amines) is 1. The van der Waals surface area contributed by atoms with Gasteiger partial charge in [-0.1, -0.05) is 35.3 Å².